The average Bonchev–Trinajstić information content (AvgIpc) is 2.68. The first-order valence-corrected chi connectivity index (χ1v) is 12.3. The van der Waals surface area contributed by atoms with Crippen LogP contribution in [0.3, 0.4) is 0 Å². The van der Waals surface area contributed by atoms with Gasteiger partial charge < -0.3 is 9.16 Å². The van der Waals surface area contributed by atoms with Crippen molar-refractivity contribution in [1.82, 2.24) is 4.98 Å². The second kappa shape index (κ2) is 7.90. The van der Waals surface area contributed by atoms with E-state index in [4.69, 9.17) is 14.1 Å². The molecule has 1 aliphatic carbocycles. The number of ether oxygens (including phenoxy) is 1. The number of pyridine rings is 1. The summed E-state index contributed by atoms with van der Waals surface area (Å²) < 4.78 is 11.7. The Kier molecular flexibility index (Phi) is 6.30. The van der Waals surface area contributed by atoms with Gasteiger partial charge in [-0.1, -0.05) is 27.2 Å². The largest absolute Gasteiger partial charge is 0.546 e. The molecule has 0 bridgehead atoms. The normalized spacial score (nSPS) is 17.8. The zero-order valence-corrected chi connectivity index (χ0v) is 18.0. The Hall–Kier alpha value is -1.36. The standard InChI is InChI=1S/C20H33NO3Si/c1-8-23-19(22)16-13(2)21-15-12-10-9-11-14(20(3,4)5)17(15)18(16)24-25(6)7/h14,25H,8-12H2,1-7H3. The molecule has 1 heterocycles. The van der Waals surface area contributed by atoms with Crippen molar-refractivity contribution >= 4 is 15.0 Å². The van der Waals surface area contributed by atoms with E-state index < -0.39 is 9.04 Å². The lowest BCUT2D eigenvalue weighted by atomic mass is 9.73. The molecule has 5 heteroatoms. The Bertz CT molecular complexity index is 635. The van der Waals surface area contributed by atoms with Gasteiger partial charge in [0.2, 0.25) is 9.04 Å². The maximum atomic E-state index is 12.7. The Morgan fingerprint density at radius 1 is 1.28 bits per heavy atom. The van der Waals surface area contributed by atoms with Crippen LogP contribution in [0, 0.1) is 12.3 Å². The van der Waals surface area contributed by atoms with Crippen molar-refractivity contribution in [3.63, 3.8) is 0 Å². The van der Waals surface area contributed by atoms with Crippen LogP contribution in [0.15, 0.2) is 0 Å². The molecule has 1 aromatic rings. The van der Waals surface area contributed by atoms with Gasteiger partial charge >= 0.3 is 5.97 Å². The van der Waals surface area contributed by atoms with Gasteiger partial charge in [0.25, 0.3) is 0 Å². The lowest BCUT2D eigenvalue weighted by molar-refractivity contribution is 0.0522. The minimum Gasteiger partial charge on any atom is -0.546 e. The van der Waals surface area contributed by atoms with Gasteiger partial charge in [-0.15, -0.1) is 0 Å². The van der Waals surface area contributed by atoms with Gasteiger partial charge in [0.1, 0.15) is 11.3 Å². The molecular formula is C20H33NO3Si. The van der Waals surface area contributed by atoms with Crippen LogP contribution in [0.4, 0.5) is 0 Å². The van der Waals surface area contributed by atoms with Gasteiger partial charge in [-0.25, -0.2) is 4.79 Å². The molecule has 0 amide bonds. The van der Waals surface area contributed by atoms with Crippen molar-refractivity contribution in [1.29, 1.82) is 0 Å². The molecule has 140 valence electrons. The minimum absolute atomic E-state index is 0.0958. The summed E-state index contributed by atoms with van der Waals surface area (Å²) in [6.07, 6.45) is 4.40. The molecule has 1 aromatic heterocycles. The van der Waals surface area contributed by atoms with E-state index in [1.54, 1.807) is 0 Å². The van der Waals surface area contributed by atoms with Crippen molar-refractivity contribution in [2.45, 2.75) is 79.3 Å². The molecule has 2 rings (SSSR count). The Morgan fingerprint density at radius 3 is 2.52 bits per heavy atom. The fourth-order valence-corrected chi connectivity index (χ4v) is 4.47. The number of fused-ring (bicyclic) bond motifs is 1. The summed E-state index contributed by atoms with van der Waals surface area (Å²) in [6, 6.07) is 0. The molecule has 0 saturated heterocycles. The maximum absolute atomic E-state index is 12.7. The molecule has 0 aromatic carbocycles. The highest BCUT2D eigenvalue weighted by Gasteiger charge is 2.36. The first kappa shape index (κ1) is 20.0. The van der Waals surface area contributed by atoms with Gasteiger partial charge in [0.15, 0.2) is 0 Å². The molecule has 1 unspecified atom stereocenters. The summed E-state index contributed by atoms with van der Waals surface area (Å²) in [7, 11) is -1.39. The minimum atomic E-state index is -1.39. The predicted octanol–water partition coefficient (Wildman–Crippen LogP) is 4.79. The summed E-state index contributed by atoms with van der Waals surface area (Å²) in [6.45, 7) is 15.2. The van der Waals surface area contributed by atoms with Crippen LogP contribution in [0.25, 0.3) is 0 Å². The molecule has 0 saturated carbocycles. The second-order valence-electron chi connectivity index (χ2n) is 8.31. The Morgan fingerprint density at radius 2 is 1.96 bits per heavy atom. The van der Waals surface area contributed by atoms with E-state index in [-0.39, 0.29) is 11.4 Å². The van der Waals surface area contributed by atoms with Crippen LogP contribution in [0.1, 0.15) is 80.2 Å². The quantitative estimate of drug-likeness (QED) is 0.438. The number of hydrogen-bond donors (Lipinski definition) is 0. The van der Waals surface area contributed by atoms with Gasteiger partial charge in [-0.2, -0.15) is 0 Å². The number of nitrogens with zero attached hydrogens (tertiary/aromatic N) is 1. The first-order valence-electron chi connectivity index (χ1n) is 9.53. The van der Waals surface area contributed by atoms with E-state index in [9.17, 15) is 4.79 Å². The SMILES string of the molecule is CCOC(=O)c1c(C)nc2c(c1O[SiH](C)C)C(C(C)(C)C)CCCC2. The molecule has 0 radical (unpaired) electrons. The van der Waals surface area contributed by atoms with Crippen LogP contribution >= 0.6 is 0 Å². The molecule has 0 N–H and O–H groups in total. The van der Waals surface area contributed by atoms with Gasteiger partial charge in [0.05, 0.1) is 12.3 Å². The second-order valence-corrected chi connectivity index (χ2v) is 10.6. The molecule has 4 nitrogen and oxygen atoms in total. The van der Waals surface area contributed by atoms with Crippen molar-refractivity contribution < 1.29 is 14.0 Å². The molecule has 0 aliphatic heterocycles. The first-order chi connectivity index (χ1) is 11.7. The highest BCUT2D eigenvalue weighted by molar-refractivity contribution is 6.49. The zero-order valence-electron chi connectivity index (χ0n) is 16.9. The van der Waals surface area contributed by atoms with E-state index in [0.29, 0.717) is 18.1 Å². The monoisotopic (exact) mass is 363 g/mol. The predicted molar refractivity (Wildman–Crippen MR) is 104 cm³/mol. The summed E-state index contributed by atoms with van der Waals surface area (Å²) in [4.78, 5) is 17.5. The molecular weight excluding hydrogens is 330 g/mol. The Labute approximate surface area is 154 Å². The van der Waals surface area contributed by atoms with E-state index >= 15 is 0 Å². The van der Waals surface area contributed by atoms with Gasteiger partial charge in [0, 0.05) is 11.3 Å². The number of esters is 1. The fraction of sp³-hybridized carbons (Fsp3) is 0.700. The van der Waals surface area contributed by atoms with Crippen LogP contribution in [0.2, 0.25) is 13.1 Å². The van der Waals surface area contributed by atoms with E-state index in [1.165, 1.54) is 12.0 Å². The van der Waals surface area contributed by atoms with Crippen LogP contribution < -0.4 is 4.43 Å². The van der Waals surface area contributed by atoms with Crippen LogP contribution in [-0.4, -0.2) is 26.6 Å². The average molecular weight is 364 g/mol. The number of aryl methyl sites for hydroxylation is 2. The number of aromatic nitrogens is 1. The van der Waals surface area contributed by atoms with Crippen molar-refractivity contribution in [2.75, 3.05) is 6.61 Å². The van der Waals surface area contributed by atoms with Crippen molar-refractivity contribution in [3.8, 4) is 5.75 Å². The summed E-state index contributed by atoms with van der Waals surface area (Å²) in [5.41, 5.74) is 3.65. The van der Waals surface area contributed by atoms with Crippen LogP contribution in [0.5, 0.6) is 5.75 Å². The van der Waals surface area contributed by atoms with Crippen molar-refractivity contribution in [3.05, 3.63) is 22.5 Å². The van der Waals surface area contributed by atoms with Gasteiger partial charge in [-0.3, -0.25) is 4.98 Å². The molecule has 1 atom stereocenters. The van der Waals surface area contributed by atoms with E-state index in [1.807, 2.05) is 13.8 Å². The topological polar surface area (TPSA) is 48.4 Å². The third-order valence-corrected chi connectivity index (χ3v) is 5.54. The number of carbonyl (C=O) groups is 1. The van der Waals surface area contributed by atoms with E-state index in [2.05, 4.69) is 33.9 Å². The maximum Gasteiger partial charge on any atom is 0.343 e. The highest BCUT2D eigenvalue weighted by Crippen LogP contribution is 2.47. The van der Waals surface area contributed by atoms with E-state index in [0.717, 1.165) is 36.4 Å². The summed E-state index contributed by atoms with van der Waals surface area (Å²) in [5, 5.41) is 0. The smallest absolute Gasteiger partial charge is 0.343 e. The fourth-order valence-electron chi connectivity index (χ4n) is 3.75. The molecule has 25 heavy (non-hydrogen) atoms. The number of rotatable bonds is 4. The highest BCUT2D eigenvalue weighted by atomic mass is 28.3. The van der Waals surface area contributed by atoms with Crippen LogP contribution in [-0.2, 0) is 11.2 Å². The zero-order chi connectivity index (χ0) is 18.8. The number of carbonyl (C=O) groups excluding carboxylic acids is 1. The van der Waals surface area contributed by atoms with Crippen molar-refractivity contribution in [2.24, 2.45) is 5.41 Å². The Balaban J connectivity index is 2.75. The molecule has 0 spiro atoms. The molecule has 1 aliphatic rings. The van der Waals surface area contributed by atoms with Gasteiger partial charge in [-0.05, 0) is 57.5 Å². The summed E-state index contributed by atoms with van der Waals surface area (Å²) >= 11 is 0. The third-order valence-electron chi connectivity index (χ3n) is 4.83. The third kappa shape index (κ3) is 4.43. The lowest BCUT2D eigenvalue weighted by Crippen LogP contribution is -2.25. The summed E-state index contributed by atoms with van der Waals surface area (Å²) in [5.74, 6) is 0.801. The lowest BCUT2D eigenvalue weighted by Gasteiger charge is -2.33. The molecule has 0 fully saturated rings. The number of hydrogen-bond acceptors (Lipinski definition) is 4.